The van der Waals surface area contributed by atoms with Gasteiger partial charge in [0.25, 0.3) is 0 Å². The first-order valence-corrected chi connectivity index (χ1v) is 8.25. The number of carbonyl (C=O) groups is 1. The highest BCUT2D eigenvalue weighted by molar-refractivity contribution is 14.0. The zero-order chi connectivity index (χ0) is 15.7. The number of hydrogen-bond acceptors (Lipinski definition) is 3. The quantitative estimate of drug-likeness (QED) is 0.234. The first-order valence-electron chi connectivity index (χ1n) is 8.25. The van der Waals surface area contributed by atoms with E-state index in [9.17, 15) is 4.79 Å². The fourth-order valence-corrected chi connectivity index (χ4v) is 2.90. The minimum Gasteiger partial charge on any atom is -0.466 e. The molecular weight excluding hydrogens is 393 g/mol. The Kier molecular flexibility index (Phi) is 11.7. The van der Waals surface area contributed by atoms with Crippen LogP contribution in [-0.2, 0) is 9.53 Å². The molecule has 1 saturated heterocycles. The highest BCUT2D eigenvalue weighted by atomic mass is 127. The molecule has 0 radical (unpaired) electrons. The SMILES string of the molecule is CCNC(=NCCCC(=O)OCC)N1CC(C)CC(C)C1.I. The largest absolute Gasteiger partial charge is 0.466 e. The van der Waals surface area contributed by atoms with E-state index in [0.29, 0.717) is 31.4 Å². The molecule has 0 aromatic heterocycles. The summed E-state index contributed by atoms with van der Waals surface area (Å²) in [6, 6.07) is 0. The standard InChI is InChI=1S/C16H31N3O2.HI/c1-5-17-16(18-9-7-8-15(20)21-6-2)19-11-13(3)10-14(4)12-19;/h13-14H,5-12H2,1-4H3,(H,17,18);1H. The molecule has 0 aromatic carbocycles. The van der Waals surface area contributed by atoms with E-state index in [1.807, 2.05) is 6.92 Å². The lowest BCUT2D eigenvalue weighted by Crippen LogP contribution is -2.48. The van der Waals surface area contributed by atoms with E-state index < -0.39 is 0 Å². The van der Waals surface area contributed by atoms with Gasteiger partial charge in [0.15, 0.2) is 5.96 Å². The molecule has 1 N–H and O–H groups in total. The summed E-state index contributed by atoms with van der Waals surface area (Å²) in [4.78, 5) is 18.3. The summed E-state index contributed by atoms with van der Waals surface area (Å²) in [5.41, 5.74) is 0. The molecule has 130 valence electrons. The molecule has 1 aliphatic heterocycles. The number of hydrogen-bond donors (Lipinski definition) is 1. The maximum atomic E-state index is 11.3. The Morgan fingerprint density at radius 1 is 1.27 bits per heavy atom. The lowest BCUT2D eigenvalue weighted by Gasteiger charge is -2.37. The van der Waals surface area contributed by atoms with Crippen LogP contribution in [0.25, 0.3) is 0 Å². The number of nitrogens with zero attached hydrogens (tertiary/aromatic N) is 2. The van der Waals surface area contributed by atoms with Gasteiger partial charge in [-0.15, -0.1) is 24.0 Å². The van der Waals surface area contributed by atoms with Crippen LogP contribution < -0.4 is 5.32 Å². The van der Waals surface area contributed by atoms with Crippen molar-refractivity contribution in [1.29, 1.82) is 0 Å². The minimum atomic E-state index is -0.127. The van der Waals surface area contributed by atoms with Crippen molar-refractivity contribution in [3.8, 4) is 0 Å². The third-order valence-electron chi connectivity index (χ3n) is 3.61. The third kappa shape index (κ3) is 8.19. The number of guanidine groups is 1. The van der Waals surface area contributed by atoms with Gasteiger partial charge in [0.2, 0.25) is 0 Å². The summed E-state index contributed by atoms with van der Waals surface area (Å²) in [6.07, 6.45) is 2.48. The Bertz CT molecular complexity index is 340. The van der Waals surface area contributed by atoms with E-state index in [-0.39, 0.29) is 29.9 Å². The topological polar surface area (TPSA) is 53.9 Å². The third-order valence-corrected chi connectivity index (χ3v) is 3.61. The summed E-state index contributed by atoms with van der Waals surface area (Å²) < 4.78 is 4.93. The first-order chi connectivity index (χ1) is 10.1. The van der Waals surface area contributed by atoms with E-state index in [2.05, 4.69) is 36.0 Å². The first kappa shape index (κ1) is 21.5. The molecule has 0 aromatic rings. The second kappa shape index (κ2) is 12.0. The van der Waals surface area contributed by atoms with Gasteiger partial charge in [0.1, 0.15) is 0 Å². The molecule has 2 unspecified atom stereocenters. The van der Waals surface area contributed by atoms with Crippen molar-refractivity contribution < 1.29 is 9.53 Å². The predicted octanol–water partition coefficient (Wildman–Crippen LogP) is 2.89. The molecule has 0 saturated carbocycles. The summed E-state index contributed by atoms with van der Waals surface area (Å²) in [5, 5.41) is 3.37. The summed E-state index contributed by atoms with van der Waals surface area (Å²) in [6.45, 7) is 12.6. The highest BCUT2D eigenvalue weighted by Gasteiger charge is 2.23. The Morgan fingerprint density at radius 2 is 1.91 bits per heavy atom. The van der Waals surface area contributed by atoms with E-state index in [1.165, 1.54) is 6.42 Å². The van der Waals surface area contributed by atoms with Gasteiger partial charge >= 0.3 is 5.97 Å². The Balaban J connectivity index is 0.00000441. The van der Waals surface area contributed by atoms with Crippen LogP contribution in [0.4, 0.5) is 0 Å². The second-order valence-corrected chi connectivity index (χ2v) is 6.00. The Hall–Kier alpha value is -0.530. The summed E-state index contributed by atoms with van der Waals surface area (Å²) >= 11 is 0. The number of halogens is 1. The molecule has 1 aliphatic rings. The molecule has 6 heteroatoms. The van der Waals surface area contributed by atoms with E-state index in [0.717, 1.165) is 32.0 Å². The highest BCUT2D eigenvalue weighted by Crippen LogP contribution is 2.20. The van der Waals surface area contributed by atoms with E-state index in [1.54, 1.807) is 0 Å². The predicted molar refractivity (Wildman–Crippen MR) is 102 cm³/mol. The van der Waals surface area contributed by atoms with Crippen molar-refractivity contribution in [2.75, 3.05) is 32.8 Å². The number of aliphatic imine (C=N–C) groups is 1. The average molecular weight is 425 g/mol. The van der Waals surface area contributed by atoms with Crippen molar-refractivity contribution in [1.82, 2.24) is 10.2 Å². The van der Waals surface area contributed by atoms with Crippen LogP contribution in [0, 0.1) is 11.8 Å². The number of carbonyl (C=O) groups excluding carboxylic acids is 1. The van der Waals surface area contributed by atoms with E-state index >= 15 is 0 Å². The zero-order valence-corrected chi connectivity index (χ0v) is 16.8. The molecule has 22 heavy (non-hydrogen) atoms. The maximum absolute atomic E-state index is 11.3. The van der Waals surface area contributed by atoms with Gasteiger partial charge in [0.05, 0.1) is 6.61 Å². The molecule has 0 bridgehead atoms. The van der Waals surface area contributed by atoms with Crippen molar-refractivity contribution in [3.63, 3.8) is 0 Å². The van der Waals surface area contributed by atoms with Crippen molar-refractivity contribution in [2.45, 2.75) is 47.0 Å². The van der Waals surface area contributed by atoms with Gasteiger partial charge in [-0.05, 0) is 38.5 Å². The lowest BCUT2D eigenvalue weighted by atomic mass is 9.92. The number of nitrogens with one attached hydrogen (secondary N) is 1. The van der Waals surface area contributed by atoms with Gasteiger partial charge < -0.3 is 15.0 Å². The molecule has 1 rings (SSSR count). The number of rotatable bonds is 6. The molecule has 0 spiro atoms. The van der Waals surface area contributed by atoms with E-state index in [4.69, 9.17) is 4.74 Å². The molecule has 0 aliphatic carbocycles. The molecule has 1 fully saturated rings. The second-order valence-electron chi connectivity index (χ2n) is 6.00. The Labute approximate surface area is 152 Å². The van der Waals surface area contributed by atoms with Crippen LogP contribution in [0.3, 0.4) is 0 Å². The van der Waals surface area contributed by atoms with Crippen LogP contribution in [-0.4, -0.2) is 49.6 Å². The van der Waals surface area contributed by atoms with Crippen LogP contribution in [0.1, 0.15) is 47.0 Å². The van der Waals surface area contributed by atoms with Crippen LogP contribution >= 0.6 is 24.0 Å². The van der Waals surface area contributed by atoms with Gasteiger partial charge in [0, 0.05) is 32.6 Å². The summed E-state index contributed by atoms with van der Waals surface area (Å²) in [7, 11) is 0. The monoisotopic (exact) mass is 425 g/mol. The molecule has 2 atom stereocenters. The van der Waals surface area contributed by atoms with Crippen LogP contribution in [0.2, 0.25) is 0 Å². The molecule has 1 heterocycles. The molecular formula is C16H32IN3O2. The van der Waals surface area contributed by atoms with Crippen molar-refractivity contribution in [3.05, 3.63) is 0 Å². The summed E-state index contributed by atoms with van der Waals surface area (Å²) in [5.74, 6) is 2.27. The van der Waals surface area contributed by atoms with Crippen LogP contribution in [0.5, 0.6) is 0 Å². The van der Waals surface area contributed by atoms with Crippen molar-refractivity contribution in [2.24, 2.45) is 16.8 Å². The number of esters is 1. The van der Waals surface area contributed by atoms with Gasteiger partial charge in [-0.1, -0.05) is 13.8 Å². The van der Waals surface area contributed by atoms with Crippen molar-refractivity contribution >= 4 is 35.9 Å². The smallest absolute Gasteiger partial charge is 0.305 e. The van der Waals surface area contributed by atoms with Gasteiger partial charge in [-0.25, -0.2) is 0 Å². The zero-order valence-electron chi connectivity index (χ0n) is 14.4. The maximum Gasteiger partial charge on any atom is 0.305 e. The number of piperidine rings is 1. The fourth-order valence-electron chi connectivity index (χ4n) is 2.90. The minimum absolute atomic E-state index is 0. The average Bonchev–Trinajstić information content (AvgIpc) is 2.41. The van der Waals surface area contributed by atoms with Gasteiger partial charge in [-0.2, -0.15) is 0 Å². The molecule has 5 nitrogen and oxygen atoms in total. The van der Waals surface area contributed by atoms with Gasteiger partial charge in [-0.3, -0.25) is 9.79 Å². The van der Waals surface area contributed by atoms with Crippen LogP contribution in [0.15, 0.2) is 4.99 Å². The Morgan fingerprint density at radius 3 is 2.45 bits per heavy atom. The molecule has 0 amide bonds. The normalized spacial score (nSPS) is 22.0. The number of ether oxygens (including phenoxy) is 1. The lowest BCUT2D eigenvalue weighted by molar-refractivity contribution is -0.143. The fraction of sp³-hybridized carbons (Fsp3) is 0.875. The number of likely N-dealkylation sites (tertiary alicyclic amines) is 1.